The molecule has 4 aromatic heterocycles. The molecule has 65 heavy (non-hydrogen) atoms. The van der Waals surface area contributed by atoms with Crippen molar-refractivity contribution in [1.82, 2.24) is 19.5 Å². The van der Waals surface area contributed by atoms with Crippen LogP contribution in [0.2, 0.25) is 19.6 Å². The molecule has 4 heterocycles. The molecule has 7 heteroatoms. The Labute approximate surface area is 409 Å². The summed E-state index contributed by atoms with van der Waals surface area (Å²) >= 11 is 0. The molecule has 327 valence electrons. The maximum Gasteiger partial charge on any atom is 0.216 e. The van der Waals surface area contributed by atoms with Gasteiger partial charge in [0.05, 0.1) is 30.5 Å². The van der Waals surface area contributed by atoms with Gasteiger partial charge in [-0.25, -0.2) is 4.98 Å². The maximum absolute atomic E-state index is 9.46. The number of benzene rings is 6. The summed E-state index contributed by atoms with van der Waals surface area (Å²) < 4.78 is 73.0. The van der Waals surface area contributed by atoms with Crippen LogP contribution in [-0.2, 0) is 20.1 Å². The second kappa shape index (κ2) is 18.7. The summed E-state index contributed by atoms with van der Waals surface area (Å²) in [5, 5.41) is 3.27. The van der Waals surface area contributed by atoms with E-state index in [-0.39, 0.29) is 31.2 Å². The van der Waals surface area contributed by atoms with Gasteiger partial charge in [-0.2, -0.15) is 0 Å². The third kappa shape index (κ3) is 9.06. The average Bonchev–Trinajstić information content (AvgIpc) is 3.92. The Morgan fingerprint density at radius 3 is 2.12 bits per heavy atom. The van der Waals surface area contributed by atoms with Gasteiger partial charge in [-0.15, -0.1) is 47.5 Å². The van der Waals surface area contributed by atoms with Crippen molar-refractivity contribution in [3.8, 4) is 50.6 Å². The van der Waals surface area contributed by atoms with Gasteiger partial charge >= 0.3 is 0 Å². The van der Waals surface area contributed by atoms with E-state index < -0.39 is 33.6 Å². The van der Waals surface area contributed by atoms with E-state index in [1.165, 1.54) is 23.5 Å². The molecule has 0 bridgehead atoms. The van der Waals surface area contributed by atoms with Crippen molar-refractivity contribution < 1.29 is 35.5 Å². The van der Waals surface area contributed by atoms with Crippen LogP contribution >= 0.6 is 0 Å². The molecule has 0 fully saturated rings. The number of pyridine rings is 2. The van der Waals surface area contributed by atoms with Gasteiger partial charge in [0, 0.05) is 54.5 Å². The molecule has 0 saturated heterocycles. The summed E-state index contributed by atoms with van der Waals surface area (Å²) in [5.41, 5.74) is 11.0. The molecule has 0 aliphatic heterocycles. The second-order valence-electron chi connectivity index (χ2n) is 17.5. The van der Waals surface area contributed by atoms with Gasteiger partial charge in [0.15, 0.2) is 0 Å². The molecule has 10 aromatic rings. The van der Waals surface area contributed by atoms with Crippen LogP contribution in [0.25, 0.3) is 83.7 Å². The first-order valence-electron chi connectivity index (χ1n) is 25.4. The number of furan rings is 1. The first-order valence-corrected chi connectivity index (χ1v) is 24.9. The molecule has 0 aliphatic carbocycles. The number of rotatable bonds is 8. The first kappa shape index (κ1) is 36.0. The quantitative estimate of drug-likeness (QED) is 0.112. The van der Waals surface area contributed by atoms with Gasteiger partial charge in [0.25, 0.3) is 0 Å². The number of hydrogen-bond acceptors (Lipinski definition) is 4. The SMILES string of the molecule is [2H]C(C)(C)c1cc(-c2ccc([Si](C)(C)C)cc2)cc(C([2H])(C)C)c1-n1c(-c2[c-]ccc3c2oc2ncccc23)nc2ccccc21.[2H]C([2H])([2H])c1ccc(-c2[c-]cc(C([2H])([2H])[2H])c(-c3ccccc3)c2)nc1.[Ir]. The summed E-state index contributed by atoms with van der Waals surface area (Å²) in [6, 6.07) is 50.9. The Balaban J connectivity index is 0.000000224. The number of imidazole rings is 1. The minimum atomic E-state index is -2.27. The molecule has 5 nitrogen and oxygen atoms in total. The third-order valence-electron chi connectivity index (χ3n) is 11.6. The van der Waals surface area contributed by atoms with E-state index in [0.717, 1.165) is 55.3 Å². The van der Waals surface area contributed by atoms with Crippen molar-refractivity contribution in [3.63, 3.8) is 0 Å². The van der Waals surface area contributed by atoms with Gasteiger partial charge in [0.1, 0.15) is 0 Å². The third-order valence-corrected chi connectivity index (χ3v) is 13.6. The van der Waals surface area contributed by atoms with Crippen LogP contribution in [0.1, 0.15) is 72.7 Å². The molecule has 10 rings (SSSR count). The standard InChI is InChI=1S/C39H38N3OSi.C19H16N.Ir/c1-24(2)32-22-27(26-17-19-28(20-18-26)44(5,6)7)23-33(25(3)4)36(32)42-35-16-9-8-15-34(35)41-38(42)31-13-10-12-29-30-14-11-21-40-39(30)43-37(29)31;1-14-8-11-19(20-13-14)17-10-9-15(2)18(12-17)16-6-4-3-5-7-16;/h8-12,14-25H,1-7H3;3-9,11-13H,1-2H3;/q2*-1;/i24D,25D;1D3,2D3;. The summed E-state index contributed by atoms with van der Waals surface area (Å²) in [4.78, 5) is 13.9. The fraction of sp³-hybridized carbons (Fsp3) is 0.190. The van der Waals surface area contributed by atoms with E-state index in [1.54, 1.807) is 18.3 Å². The first-order chi connectivity index (χ1) is 33.9. The van der Waals surface area contributed by atoms with Crippen molar-refractivity contribution in [2.24, 2.45) is 0 Å². The zero-order valence-electron chi connectivity index (χ0n) is 45.5. The van der Waals surface area contributed by atoms with Crippen LogP contribution in [0.3, 0.4) is 0 Å². The van der Waals surface area contributed by atoms with Crippen LogP contribution in [0.15, 0.2) is 156 Å². The molecule has 6 aromatic carbocycles. The topological polar surface area (TPSA) is 56.7 Å². The minimum Gasteiger partial charge on any atom is -0.486 e. The smallest absolute Gasteiger partial charge is 0.216 e. The number of aromatic nitrogens is 4. The summed E-state index contributed by atoms with van der Waals surface area (Å²) in [5.74, 6) is -1.34. The monoisotopic (exact) mass is 1050 g/mol. The fourth-order valence-corrected chi connectivity index (χ4v) is 9.34. The van der Waals surface area contributed by atoms with Crippen molar-refractivity contribution in [1.29, 1.82) is 0 Å². The Hall–Kier alpha value is -6.24. The number of nitrogens with zero attached hydrogens (tertiary/aromatic N) is 4. The van der Waals surface area contributed by atoms with Crippen molar-refractivity contribution in [2.45, 2.75) is 72.8 Å². The van der Waals surface area contributed by atoms with Crippen LogP contribution in [-0.4, -0.2) is 27.6 Å². The van der Waals surface area contributed by atoms with E-state index in [0.29, 0.717) is 39.5 Å². The van der Waals surface area contributed by atoms with E-state index in [2.05, 4.69) is 88.8 Å². The summed E-state index contributed by atoms with van der Waals surface area (Å²) in [6.45, 7) is 10.3. The Bertz CT molecular complexity index is 3570. The second-order valence-corrected chi connectivity index (χ2v) is 22.6. The van der Waals surface area contributed by atoms with E-state index >= 15 is 0 Å². The van der Waals surface area contributed by atoms with E-state index in [9.17, 15) is 2.74 Å². The molecular formula is C58H54IrN4OSi-2. The molecule has 0 aliphatic rings. The summed E-state index contributed by atoms with van der Waals surface area (Å²) in [6.07, 6.45) is 3.05. The fourth-order valence-electron chi connectivity index (χ4n) is 8.18. The predicted molar refractivity (Wildman–Crippen MR) is 270 cm³/mol. The number of hydrogen-bond donors (Lipinski definition) is 0. The molecule has 0 N–H and O–H groups in total. The zero-order chi connectivity index (χ0) is 51.5. The largest absolute Gasteiger partial charge is 0.486 e. The van der Waals surface area contributed by atoms with Crippen molar-refractivity contribution in [3.05, 3.63) is 186 Å². The normalized spacial score (nSPS) is 14.1. The van der Waals surface area contributed by atoms with Crippen LogP contribution in [0.4, 0.5) is 0 Å². The van der Waals surface area contributed by atoms with Gasteiger partial charge in [0.2, 0.25) is 5.71 Å². The molecule has 0 spiro atoms. The molecular weight excluding hydrogens is 989 g/mol. The molecule has 0 unspecified atom stereocenters. The van der Waals surface area contributed by atoms with E-state index in [1.807, 2.05) is 100 Å². The van der Waals surface area contributed by atoms with Crippen LogP contribution in [0.5, 0.6) is 0 Å². The van der Waals surface area contributed by atoms with Gasteiger partial charge < -0.3 is 14.0 Å². The molecule has 0 saturated carbocycles. The van der Waals surface area contributed by atoms with Crippen molar-refractivity contribution in [2.75, 3.05) is 0 Å². The molecule has 1 radical (unpaired) electrons. The van der Waals surface area contributed by atoms with Crippen molar-refractivity contribution >= 4 is 46.4 Å². The Morgan fingerprint density at radius 2 is 1.45 bits per heavy atom. The van der Waals surface area contributed by atoms with E-state index in [4.69, 9.17) is 17.6 Å². The number of para-hydroxylation sites is 2. The molecule has 0 atom stereocenters. The summed E-state index contributed by atoms with van der Waals surface area (Å²) in [7, 11) is -1.46. The molecule has 0 amide bonds. The Kier molecular flexibility index (Phi) is 10.4. The average molecular weight is 1050 g/mol. The Morgan fingerprint density at radius 1 is 0.708 bits per heavy atom. The van der Waals surface area contributed by atoms with Crippen LogP contribution in [0, 0.1) is 25.8 Å². The van der Waals surface area contributed by atoms with Crippen LogP contribution < -0.4 is 5.19 Å². The van der Waals surface area contributed by atoms with Gasteiger partial charge in [-0.1, -0.05) is 155 Å². The number of fused-ring (bicyclic) bond motifs is 4. The van der Waals surface area contributed by atoms with Gasteiger partial charge in [-0.05, 0) is 94.1 Å². The van der Waals surface area contributed by atoms with Gasteiger partial charge in [-0.3, -0.25) is 4.98 Å². The zero-order valence-corrected chi connectivity index (χ0v) is 40.9. The minimum absolute atomic E-state index is 0. The number of aryl methyl sites for hydroxylation is 2. The maximum atomic E-state index is 9.46. The predicted octanol–water partition coefficient (Wildman–Crippen LogP) is 15.1.